The Balaban J connectivity index is 1.80. The quantitative estimate of drug-likeness (QED) is 0.733. The van der Waals surface area contributed by atoms with Gasteiger partial charge in [0.15, 0.2) is 0 Å². The Bertz CT molecular complexity index is 620. The van der Waals surface area contributed by atoms with Gasteiger partial charge in [0, 0.05) is 23.0 Å². The SMILES string of the molecule is [75Br]c1ccc([C@@H]2CN3CCC[C@@H]3c3ccccc32)cc1. The molecule has 20 heavy (non-hydrogen) atoms. The third-order valence-corrected chi connectivity index (χ3v) is 5.31. The maximum Gasteiger partial charge on any atom is 0.0351 e. The van der Waals surface area contributed by atoms with Crippen molar-refractivity contribution in [1.29, 1.82) is 0 Å². The van der Waals surface area contributed by atoms with Crippen LogP contribution in [0.1, 0.15) is 41.5 Å². The van der Waals surface area contributed by atoms with Gasteiger partial charge in [-0.3, -0.25) is 4.90 Å². The number of nitrogens with zero attached hydrogens (tertiary/aromatic N) is 1. The van der Waals surface area contributed by atoms with Crippen LogP contribution < -0.4 is 0 Å². The van der Waals surface area contributed by atoms with Crippen molar-refractivity contribution in [2.75, 3.05) is 13.1 Å². The van der Waals surface area contributed by atoms with Crippen LogP contribution in [-0.2, 0) is 0 Å². The van der Waals surface area contributed by atoms with Gasteiger partial charge in [0.2, 0.25) is 0 Å². The van der Waals surface area contributed by atoms with E-state index in [0.717, 1.165) is 4.47 Å². The Labute approximate surface area is 128 Å². The maximum absolute atomic E-state index is 3.54. The van der Waals surface area contributed by atoms with E-state index in [1.807, 2.05) is 0 Å². The molecule has 0 bridgehead atoms. The average Bonchev–Trinajstić information content (AvgIpc) is 2.96. The van der Waals surface area contributed by atoms with Crippen molar-refractivity contribution in [3.8, 4) is 0 Å². The summed E-state index contributed by atoms with van der Waals surface area (Å²) >= 11 is 3.54. The molecule has 0 amide bonds. The normalized spacial score (nSPS) is 25.2. The van der Waals surface area contributed by atoms with E-state index in [4.69, 9.17) is 0 Å². The summed E-state index contributed by atoms with van der Waals surface area (Å²) in [5.41, 5.74) is 4.54. The summed E-state index contributed by atoms with van der Waals surface area (Å²) in [5, 5.41) is 0. The third kappa shape index (κ3) is 2.02. The largest absolute Gasteiger partial charge is 0.295 e. The third-order valence-electron chi connectivity index (χ3n) is 4.78. The molecule has 2 aromatic carbocycles. The minimum atomic E-state index is 0.522. The molecule has 2 heterocycles. The van der Waals surface area contributed by atoms with Crippen molar-refractivity contribution in [3.63, 3.8) is 0 Å². The summed E-state index contributed by atoms with van der Waals surface area (Å²) in [6, 6.07) is 18.6. The van der Waals surface area contributed by atoms with Crippen LogP contribution in [0.25, 0.3) is 0 Å². The van der Waals surface area contributed by atoms with Crippen molar-refractivity contribution >= 4 is 15.9 Å². The zero-order chi connectivity index (χ0) is 13.5. The number of fused-ring (bicyclic) bond motifs is 3. The summed E-state index contributed by atoms with van der Waals surface area (Å²) in [6.45, 7) is 2.43. The highest BCUT2D eigenvalue weighted by atomic mass is 74.9. The summed E-state index contributed by atoms with van der Waals surface area (Å²) in [7, 11) is 0. The van der Waals surface area contributed by atoms with Gasteiger partial charge in [-0.25, -0.2) is 0 Å². The molecule has 2 aliphatic rings. The topological polar surface area (TPSA) is 3.24 Å². The molecule has 1 nitrogen and oxygen atoms in total. The van der Waals surface area contributed by atoms with Gasteiger partial charge in [-0.1, -0.05) is 52.3 Å². The highest BCUT2D eigenvalue weighted by molar-refractivity contribution is 9.10. The highest BCUT2D eigenvalue weighted by Gasteiger charge is 2.35. The standard InChI is InChI=1S/C18H18BrN/c19-14-9-7-13(8-10-14)17-12-20-11-3-6-18(20)16-5-2-1-4-15(16)17/h1-2,4-5,7-10,17-18H,3,6,11-12H2/t17-,18+/m0/s1/i19-5. The Morgan fingerprint density at radius 3 is 2.50 bits per heavy atom. The predicted octanol–water partition coefficient (Wildman–Crippen LogP) is 4.73. The molecule has 0 radical (unpaired) electrons. The lowest BCUT2D eigenvalue weighted by molar-refractivity contribution is 0.230. The first-order valence-electron chi connectivity index (χ1n) is 7.41. The number of hydrogen-bond acceptors (Lipinski definition) is 1. The van der Waals surface area contributed by atoms with Crippen LogP contribution >= 0.6 is 15.9 Å². The van der Waals surface area contributed by atoms with Crippen LogP contribution in [0.5, 0.6) is 0 Å². The van der Waals surface area contributed by atoms with E-state index in [2.05, 4.69) is 69.4 Å². The van der Waals surface area contributed by atoms with Gasteiger partial charge in [-0.05, 0) is 48.2 Å². The Kier molecular flexibility index (Phi) is 3.16. The van der Waals surface area contributed by atoms with Crippen molar-refractivity contribution in [2.24, 2.45) is 0 Å². The first-order chi connectivity index (χ1) is 9.83. The second-order valence-corrected chi connectivity index (χ2v) is 6.80. The predicted molar refractivity (Wildman–Crippen MR) is 86.0 cm³/mol. The summed E-state index contributed by atoms with van der Waals surface area (Å²) in [5.74, 6) is 0.522. The van der Waals surface area contributed by atoms with E-state index in [-0.39, 0.29) is 0 Å². The fourth-order valence-electron chi connectivity index (χ4n) is 3.84. The summed E-state index contributed by atoms with van der Waals surface area (Å²) in [6.07, 6.45) is 2.66. The summed E-state index contributed by atoms with van der Waals surface area (Å²) in [4.78, 5) is 2.68. The van der Waals surface area contributed by atoms with E-state index in [0.29, 0.717) is 12.0 Å². The van der Waals surface area contributed by atoms with Crippen LogP contribution in [0.2, 0.25) is 0 Å². The second-order valence-electron chi connectivity index (χ2n) is 5.89. The zero-order valence-corrected chi connectivity index (χ0v) is 13.0. The molecule has 4 rings (SSSR count). The van der Waals surface area contributed by atoms with Gasteiger partial charge in [-0.2, -0.15) is 0 Å². The minimum Gasteiger partial charge on any atom is -0.295 e. The molecule has 0 N–H and O–H groups in total. The molecule has 102 valence electrons. The van der Waals surface area contributed by atoms with Gasteiger partial charge in [0.05, 0.1) is 0 Å². The lowest BCUT2D eigenvalue weighted by Gasteiger charge is -2.37. The molecule has 2 atom stereocenters. The molecule has 0 unspecified atom stereocenters. The molecule has 1 saturated heterocycles. The van der Waals surface area contributed by atoms with Crippen molar-refractivity contribution in [3.05, 3.63) is 69.7 Å². The monoisotopic (exact) mass is 323 g/mol. The number of rotatable bonds is 1. The van der Waals surface area contributed by atoms with Crippen LogP contribution in [0.3, 0.4) is 0 Å². The van der Waals surface area contributed by atoms with Crippen LogP contribution in [0, 0.1) is 0 Å². The van der Waals surface area contributed by atoms with Gasteiger partial charge < -0.3 is 0 Å². The number of halogens is 1. The van der Waals surface area contributed by atoms with Gasteiger partial charge >= 0.3 is 0 Å². The van der Waals surface area contributed by atoms with E-state index >= 15 is 0 Å². The van der Waals surface area contributed by atoms with Gasteiger partial charge in [0.25, 0.3) is 0 Å². The zero-order valence-electron chi connectivity index (χ0n) is 11.4. The van der Waals surface area contributed by atoms with Crippen LogP contribution in [0.15, 0.2) is 53.0 Å². The average molecular weight is 323 g/mol. The van der Waals surface area contributed by atoms with Crippen molar-refractivity contribution < 1.29 is 0 Å². The Hall–Kier alpha value is -1.12. The first-order valence-corrected chi connectivity index (χ1v) is 8.20. The fourth-order valence-corrected chi connectivity index (χ4v) is 4.11. The van der Waals surface area contributed by atoms with Gasteiger partial charge in [-0.15, -0.1) is 0 Å². The molecule has 0 saturated carbocycles. The van der Waals surface area contributed by atoms with Crippen LogP contribution in [-0.4, -0.2) is 18.0 Å². The van der Waals surface area contributed by atoms with Crippen LogP contribution in [0.4, 0.5) is 0 Å². The lowest BCUT2D eigenvalue weighted by atomic mass is 9.82. The molecule has 0 aromatic heterocycles. The molecule has 2 aromatic rings. The Morgan fingerprint density at radius 2 is 1.70 bits per heavy atom. The van der Waals surface area contributed by atoms with E-state index in [9.17, 15) is 0 Å². The minimum absolute atomic E-state index is 0.522. The molecular formula is C18H18BrN. The Morgan fingerprint density at radius 1 is 0.950 bits per heavy atom. The second kappa shape index (κ2) is 5.01. The van der Waals surface area contributed by atoms with Gasteiger partial charge in [0.1, 0.15) is 0 Å². The fraction of sp³-hybridized carbons (Fsp3) is 0.333. The van der Waals surface area contributed by atoms with E-state index in [1.54, 1.807) is 5.56 Å². The molecule has 0 aliphatic carbocycles. The number of hydrogen-bond donors (Lipinski definition) is 0. The molecule has 2 heteroatoms. The van der Waals surface area contributed by atoms with Crippen molar-refractivity contribution in [1.82, 2.24) is 4.90 Å². The first kappa shape index (κ1) is 12.6. The molecule has 0 spiro atoms. The van der Waals surface area contributed by atoms with E-state index < -0.39 is 0 Å². The summed E-state index contributed by atoms with van der Waals surface area (Å²) < 4.78 is 1.16. The lowest BCUT2D eigenvalue weighted by Crippen LogP contribution is -2.34. The molecule has 2 aliphatic heterocycles. The molecular weight excluding hydrogens is 305 g/mol. The van der Waals surface area contributed by atoms with Crippen molar-refractivity contribution in [2.45, 2.75) is 24.8 Å². The smallest absolute Gasteiger partial charge is 0.0351 e. The number of benzene rings is 2. The van der Waals surface area contributed by atoms with E-state index in [1.165, 1.54) is 37.1 Å². The maximum atomic E-state index is 3.54. The molecule has 1 fully saturated rings. The highest BCUT2D eigenvalue weighted by Crippen LogP contribution is 2.44.